The molecule has 0 unspecified atom stereocenters. The monoisotopic (exact) mass is 276 g/mol. The highest BCUT2D eigenvalue weighted by Gasteiger charge is 2.19. The molecule has 0 atom stereocenters. The molecule has 0 fully saturated rings. The van der Waals surface area contributed by atoms with Gasteiger partial charge < -0.3 is 4.74 Å². The number of Topliss-reactive ketones (excluding diaryl/α,β-unsaturated/α-hetero) is 1. The van der Waals surface area contributed by atoms with E-state index in [2.05, 4.69) is 0 Å². The summed E-state index contributed by atoms with van der Waals surface area (Å²) in [4.78, 5) is 12.2. The number of unbranched alkanes of at least 4 members (excludes halogenated alkanes) is 1. The summed E-state index contributed by atoms with van der Waals surface area (Å²) >= 11 is 0.426. The Labute approximate surface area is 116 Å². The minimum absolute atomic E-state index is 0.0994. The predicted molar refractivity (Wildman–Crippen MR) is 76.6 cm³/mol. The highest BCUT2D eigenvalue weighted by Crippen LogP contribution is 2.18. The molecular weight excluding hydrogens is 260 g/mol. The highest BCUT2D eigenvalue weighted by atomic mass is 32.1. The molecule has 0 saturated heterocycles. The third kappa shape index (κ3) is 4.17. The van der Waals surface area contributed by atoms with Gasteiger partial charge in [0.15, 0.2) is 5.78 Å². The van der Waals surface area contributed by atoms with Crippen LogP contribution in [0.5, 0.6) is 5.75 Å². The molecular formula is C15H16O3S. The van der Waals surface area contributed by atoms with Crippen molar-refractivity contribution in [1.82, 2.24) is 0 Å². The highest BCUT2D eigenvalue weighted by molar-refractivity contribution is 7.67. The summed E-state index contributed by atoms with van der Waals surface area (Å²) in [5, 5.41) is 0. The first-order chi connectivity index (χ1) is 9.29. The third-order valence-corrected chi connectivity index (χ3v) is 3.46. The summed E-state index contributed by atoms with van der Waals surface area (Å²) in [7, 11) is 0. The van der Waals surface area contributed by atoms with Crippen molar-refractivity contribution in [3.05, 3.63) is 42.0 Å². The van der Waals surface area contributed by atoms with Gasteiger partial charge in [0.2, 0.25) is 0 Å². The fraction of sp³-hybridized carbons (Fsp3) is 0.333. The van der Waals surface area contributed by atoms with Gasteiger partial charge in [-0.2, -0.15) is 0 Å². The molecule has 0 N–H and O–H groups in total. The van der Waals surface area contributed by atoms with E-state index in [1.54, 1.807) is 6.08 Å². The number of carbonyl (C=O) groups excluding carboxylic acids is 1. The van der Waals surface area contributed by atoms with E-state index in [-0.39, 0.29) is 5.78 Å². The second-order valence-electron chi connectivity index (χ2n) is 4.44. The Bertz CT molecular complexity index is 528. The molecule has 0 aliphatic heterocycles. The molecule has 19 heavy (non-hydrogen) atoms. The van der Waals surface area contributed by atoms with E-state index in [1.165, 1.54) is 0 Å². The molecule has 1 aliphatic rings. The van der Waals surface area contributed by atoms with Crippen LogP contribution in [0.4, 0.5) is 0 Å². The predicted octanol–water partition coefficient (Wildman–Crippen LogP) is 2.52. The Morgan fingerprint density at radius 2 is 1.95 bits per heavy atom. The lowest BCUT2D eigenvalue weighted by molar-refractivity contribution is -0.114. The van der Waals surface area contributed by atoms with Crippen molar-refractivity contribution in [2.24, 2.45) is 0 Å². The van der Waals surface area contributed by atoms with Gasteiger partial charge in [0.25, 0.3) is 0 Å². The summed E-state index contributed by atoms with van der Waals surface area (Å²) in [5.41, 5.74) is 0.790. The van der Waals surface area contributed by atoms with Gasteiger partial charge in [0.1, 0.15) is 5.75 Å². The van der Waals surface area contributed by atoms with Gasteiger partial charge in [-0.05, 0) is 43.0 Å². The Morgan fingerprint density at radius 3 is 2.63 bits per heavy atom. The van der Waals surface area contributed by atoms with Crippen molar-refractivity contribution in [1.29, 1.82) is 0 Å². The molecule has 100 valence electrons. The van der Waals surface area contributed by atoms with Gasteiger partial charge in [0.05, 0.1) is 22.7 Å². The van der Waals surface area contributed by atoms with Crippen LogP contribution in [0.15, 0.2) is 42.0 Å². The maximum atomic E-state index is 11.6. The van der Waals surface area contributed by atoms with Gasteiger partial charge in [-0.15, -0.1) is 0 Å². The summed E-state index contributed by atoms with van der Waals surface area (Å²) < 4.78 is 16.2. The standard InChI is InChI=1S/C15H16O3S/c16-15-11-14(19-17)10-12(15)6-4-5-9-18-13-7-2-1-3-8-13/h1-3,7-8,10H,4-6,9,11H2. The number of rotatable bonds is 6. The van der Waals surface area contributed by atoms with Crippen molar-refractivity contribution in [3.8, 4) is 5.75 Å². The van der Waals surface area contributed by atoms with E-state index in [1.807, 2.05) is 30.3 Å². The molecule has 3 nitrogen and oxygen atoms in total. The average Bonchev–Trinajstić information content (AvgIpc) is 2.80. The lowest BCUT2D eigenvalue weighted by atomic mass is 10.1. The first-order valence-electron chi connectivity index (χ1n) is 6.37. The molecule has 0 bridgehead atoms. The van der Waals surface area contributed by atoms with E-state index in [0.29, 0.717) is 29.1 Å². The molecule has 0 heterocycles. The second-order valence-corrected chi connectivity index (χ2v) is 5.13. The molecule has 0 saturated carbocycles. The zero-order chi connectivity index (χ0) is 13.5. The van der Waals surface area contributed by atoms with E-state index in [0.717, 1.165) is 30.6 Å². The van der Waals surface area contributed by atoms with Crippen LogP contribution in [0.25, 0.3) is 0 Å². The topological polar surface area (TPSA) is 43.4 Å². The summed E-state index contributed by atoms with van der Waals surface area (Å²) in [6.07, 6.45) is 4.59. The number of benzene rings is 1. The largest absolute Gasteiger partial charge is 0.494 e. The fourth-order valence-corrected chi connectivity index (χ4v) is 2.37. The second kappa shape index (κ2) is 7.04. The van der Waals surface area contributed by atoms with Crippen LogP contribution in [0.3, 0.4) is 0 Å². The molecule has 1 aliphatic carbocycles. The van der Waals surface area contributed by atoms with Gasteiger partial charge in [-0.25, -0.2) is 4.21 Å². The van der Waals surface area contributed by atoms with Crippen molar-refractivity contribution in [3.63, 3.8) is 0 Å². The molecule has 1 aromatic rings. The molecule has 4 heteroatoms. The van der Waals surface area contributed by atoms with Crippen LogP contribution in [0.2, 0.25) is 0 Å². The Balaban J connectivity index is 1.68. The summed E-state index contributed by atoms with van der Waals surface area (Å²) in [6, 6.07) is 9.68. The summed E-state index contributed by atoms with van der Waals surface area (Å²) in [6.45, 7) is 0.651. The van der Waals surface area contributed by atoms with Crippen LogP contribution in [-0.4, -0.2) is 21.5 Å². The molecule has 0 spiro atoms. The third-order valence-electron chi connectivity index (χ3n) is 2.99. The Morgan fingerprint density at radius 1 is 1.16 bits per heavy atom. The maximum absolute atomic E-state index is 11.6. The maximum Gasteiger partial charge on any atom is 0.164 e. The van der Waals surface area contributed by atoms with Gasteiger partial charge in [0, 0.05) is 6.42 Å². The minimum atomic E-state index is 0.0994. The van der Waals surface area contributed by atoms with E-state index < -0.39 is 0 Å². The first-order valence-corrected chi connectivity index (χ1v) is 7.11. The molecule has 0 radical (unpaired) electrons. The van der Waals surface area contributed by atoms with Gasteiger partial charge in [-0.3, -0.25) is 4.79 Å². The quantitative estimate of drug-likeness (QED) is 0.592. The number of ketones is 1. The smallest absolute Gasteiger partial charge is 0.164 e. The van der Waals surface area contributed by atoms with Crippen LogP contribution in [0.1, 0.15) is 25.7 Å². The molecule has 0 amide bonds. The molecule has 0 aromatic heterocycles. The van der Waals surface area contributed by atoms with Crippen molar-refractivity contribution >= 4 is 21.9 Å². The van der Waals surface area contributed by atoms with Crippen LogP contribution in [-0.2, 0) is 16.1 Å². The molecule has 1 aromatic carbocycles. The first kappa shape index (κ1) is 13.7. The fourth-order valence-electron chi connectivity index (χ4n) is 1.99. The van der Waals surface area contributed by atoms with Gasteiger partial charge in [-0.1, -0.05) is 18.2 Å². The van der Waals surface area contributed by atoms with Gasteiger partial charge >= 0.3 is 0 Å². The van der Waals surface area contributed by atoms with Crippen molar-refractivity contribution in [2.75, 3.05) is 6.61 Å². The zero-order valence-corrected chi connectivity index (χ0v) is 11.4. The van der Waals surface area contributed by atoms with Crippen LogP contribution < -0.4 is 4.74 Å². The number of allylic oxidation sites excluding steroid dienone is 2. The number of carbonyl (C=O) groups is 1. The Hall–Kier alpha value is -1.68. The number of hydrogen-bond acceptors (Lipinski definition) is 3. The van der Waals surface area contributed by atoms with Crippen molar-refractivity contribution in [2.45, 2.75) is 25.7 Å². The number of para-hydroxylation sites is 1. The van der Waals surface area contributed by atoms with Crippen LogP contribution in [0, 0.1) is 0 Å². The normalized spacial score (nSPS) is 14.4. The zero-order valence-electron chi connectivity index (χ0n) is 10.6. The van der Waals surface area contributed by atoms with Crippen LogP contribution >= 0.6 is 0 Å². The lowest BCUT2D eigenvalue weighted by Crippen LogP contribution is -2.00. The Kier molecular flexibility index (Phi) is 5.10. The van der Waals surface area contributed by atoms with E-state index in [4.69, 9.17) is 4.74 Å². The minimum Gasteiger partial charge on any atom is -0.494 e. The SMILES string of the molecule is O=S=C1C=C(CCCCOc2ccccc2)C(=O)C1. The van der Waals surface area contributed by atoms with Crippen molar-refractivity contribution < 1.29 is 13.7 Å². The van der Waals surface area contributed by atoms with E-state index in [9.17, 15) is 9.00 Å². The summed E-state index contributed by atoms with van der Waals surface area (Å²) in [5.74, 6) is 0.972. The molecule has 2 rings (SSSR count). The van der Waals surface area contributed by atoms with E-state index >= 15 is 0 Å². The number of ether oxygens (including phenoxy) is 1. The average molecular weight is 276 g/mol. The number of hydrogen-bond donors (Lipinski definition) is 0. The lowest BCUT2D eigenvalue weighted by Gasteiger charge is -2.05.